The fraction of sp³-hybridized carbons (Fsp3) is 0.733. The molecule has 0 spiro atoms. The highest BCUT2D eigenvalue weighted by molar-refractivity contribution is 6.86. The van der Waals surface area contributed by atoms with Gasteiger partial charge in [0, 0.05) is 0 Å². The quantitative estimate of drug-likeness (QED) is 0.387. The highest BCUT2D eigenvalue weighted by Gasteiger charge is 2.56. The van der Waals surface area contributed by atoms with Crippen molar-refractivity contribution in [1.82, 2.24) is 0 Å². The van der Waals surface area contributed by atoms with Crippen LogP contribution in [-0.2, 0) is 0 Å². The standard InChI is InChI=1S/C30H46Si/c1-21(2)30(19-11-12-22(3)20-30)27-17-10-18-28(27)31(4,5)29-25-15-8-6-13-23(25)24-14-7-9-16-26(24)29/h6,8,10,13,15,17,21-26,29H,7,9,11-12,14,16,18-20H2,1-5H3. The van der Waals surface area contributed by atoms with Gasteiger partial charge in [-0.05, 0) is 77.7 Å². The Kier molecular flexibility index (Phi) is 5.81. The SMILES string of the molecule is CC1CCCC(C2=C([Si](C)(C)C3C4C=CC=CC4C4CCCCC43)CC=C2)(C(C)C)C1. The van der Waals surface area contributed by atoms with E-state index < -0.39 is 8.07 Å². The van der Waals surface area contributed by atoms with Gasteiger partial charge in [0.25, 0.3) is 0 Å². The molecule has 31 heavy (non-hydrogen) atoms. The van der Waals surface area contributed by atoms with Crippen molar-refractivity contribution in [1.29, 1.82) is 0 Å². The molecule has 0 aromatic carbocycles. The van der Waals surface area contributed by atoms with Gasteiger partial charge in [0.1, 0.15) is 0 Å². The van der Waals surface area contributed by atoms with Gasteiger partial charge >= 0.3 is 0 Å². The molecule has 170 valence electrons. The molecule has 7 atom stereocenters. The molecule has 7 unspecified atom stereocenters. The molecule has 0 radical (unpaired) electrons. The number of fused-ring (bicyclic) bond motifs is 3. The fourth-order valence-electron chi connectivity index (χ4n) is 9.30. The van der Waals surface area contributed by atoms with E-state index in [1.54, 1.807) is 0 Å². The molecule has 5 rings (SSSR count). The van der Waals surface area contributed by atoms with Crippen LogP contribution in [-0.4, -0.2) is 8.07 Å². The van der Waals surface area contributed by atoms with Gasteiger partial charge in [-0.3, -0.25) is 0 Å². The molecule has 0 aromatic heterocycles. The van der Waals surface area contributed by atoms with Crippen LogP contribution < -0.4 is 0 Å². The van der Waals surface area contributed by atoms with Crippen molar-refractivity contribution in [2.45, 2.75) is 97.2 Å². The Bertz CT molecular complexity index is 808. The summed E-state index contributed by atoms with van der Waals surface area (Å²) in [6, 6.07) is 0. The topological polar surface area (TPSA) is 0 Å². The molecule has 0 amide bonds. The molecule has 0 bridgehead atoms. The first-order valence-electron chi connectivity index (χ1n) is 13.6. The maximum absolute atomic E-state index is 2.79. The van der Waals surface area contributed by atoms with Gasteiger partial charge in [-0.2, -0.15) is 0 Å². The van der Waals surface area contributed by atoms with Crippen LogP contribution in [0.2, 0.25) is 18.6 Å². The minimum absolute atomic E-state index is 0.441. The maximum atomic E-state index is 2.79. The molecule has 0 N–H and O–H groups in total. The second kappa shape index (κ2) is 8.19. The van der Waals surface area contributed by atoms with Crippen molar-refractivity contribution in [2.75, 3.05) is 0 Å². The second-order valence-electron chi connectivity index (χ2n) is 12.8. The summed E-state index contributed by atoms with van der Waals surface area (Å²) in [5.74, 6) is 5.22. The Labute approximate surface area is 193 Å². The second-order valence-corrected chi connectivity index (χ2v) is 17.5. The van der Waals surface area contributed by atoms with Gasteiger partial charge in [-0.15, -0.1) is 0 Å². The molecule has 5 aliphatic rings. The lowest BCUT2D eigenvalue weighted by atomic mass is 9.60. The Morgan fingerprint density at radius 1 is 0.935 bits per heavy atom. The Balaban J connectivity index is 1.57. The molecule has 1 heteroatoms. The van der Waals surface area contributed by atoms with Crippen molar-refractivity contribution in [3.63, 3.8) is 0 Å². The molecule has 0 aromatic rings. The first-order valence-corrected chi connectivity index (χ1v) is 16.7. The molecule has 3 saturated carbocycles. The van der Waals surface area contributed by atoms with Gasteiger partial charge in [-0.1, -0.05) is 108 Å². The third kappa shape index (κ3) is 3.44. The van der Waals surface area contributed by atoms with E-state index in [1.165, 1.54) is 57.8 Å². The molecular weight excluding hydrogens is 388 g/mol. The van der Waals surface area contributed by atoms with E-state index in [4.69, 9.17) is 0 Å². The van der Waals surface area contributed by atoms with E-state index >= 15 is 0 Å². The summed E-state index contributed by atoms with van der Waals surface area (Å²) in [6.45, 7) is 13.2. The van der Waals surface area contributed by atoms with E-state index in [1.807, 2.05) is 10.8 Å². The Morgan fingerprint density at radius 3 is 2.35 bits per heavy atom. The van der Waals surface area contributed by atoms with Gasteiger partial charge in [0.2, 0.25) is 0 Å². The van der Waals surface area contributed by atoms with Crippen molar-refractivity contribution < 1.29 is 0 Å². The highest BCUT2D eigenvalue weighted by atomic mass is 28.3. The lowest BCUT2D eigenvalue weighted by Gasteiger charge is -2.48. The first-order chi connectivity index (χ1) is 14.9. The van der Waals surface area contributed by atoms with Gasteiger partial charge in [0.05, 0.1) is 8.07 Å². The minimum Gasteiger partial charge on any atom is -0.0808 e. The van der Waals surface area contributed by atoms with E-state index in [0.717, 1.165) is 41.0 Å². The summed E-state index contributed by atoms with van der Waals surface area (Å²) < 4.78 is 0. The van der Waals surface area contributed by atoms with Crippen LogP contribution in [0.4, 0.5) is 0 Å². The average molecular weight is 435 g/mol. The molecule has 0 aliphatic heterocycles. The van der Waals surface area contributed by atoms with E-state index in [-0.39, 0.29) is 0 Å². The zero-order valence-electron chi connectivity index (χ0n) is 20.9. The van der Waals surface area contributed by atoms with Crippen LogP contribution in [0.1, 0.15) is 78.6 Å². The largest absolute Gasteiger partial charge is 0.0808 e. The maximum Gasteiger partial charge on any atom is 0.0802 e. The molecular formula is C30H46Si. The summed E-state index contributed by atoms with van der Waals surface area (Å²) in [5, 5.41) is 1.97. The Morgan fingerprint density at radius 2 is 1.65 bits per heavy atom. The van der Waals surface area contributed by atoms with E-state index in [0.29, 0.717) is 5.41 Å². The van der Waals surface area contributed by atoms with Crippen LogP contribution in [0.15, 0.2) is 47.2 Å². The van der Waals surface area contributed by atoms with E-state index in [9.17, 15) is 0 Å². The third-order valence-corrected chi connectivity index (χ3v) is 15.2. The van der Waals surface area contributed by atoms with Crippen LogP contribution >= 0.6 is 0 Å². The summed E-state index contributed by atoms with van der Waals surface area (Å²) in [7, 11) is -1.58. The number of hydrogen-bond acceptors (Lipinski definition) is 0. The van der Waals surface area contributed by atoms with Crippen LogP contribution in [0, 0.1) is 40.9 Å². The fourth-order valence-corrected chi connectivity index (χ4v) is 14.1. The lowest BCUT2D eigenvalue weighted by Crippen LogP contribution is -2.44. The van der Waals surface area contributed by atoms with E-state index in [2.05, 4.69) is 70.3 Å². The predicted octanol–water partition coefficient (Wildman–Crippen LogP) is 8.89. The van der Waals surface area contributed by atoms with Gasteiger partial charge in [0.15, 0.2) is 0 Å². The zero-order chi connectivity index (χ0) is 21.8. The molecule has 0 heterocycles. The summed E-state index contributed by atoms with van der Waals surface area (Å²) in [6.07, 6.45) is 28.1. The van der Waals surface area contributed by atoms with Crippen molar-refractivity contribution in [2.24, 2.45) is 40.9 Å². The first kappa shape index (κ1) is 22.0. The summed E-state index contributed by atoms with van der Waals surface area (Å²) >= 11 is 0. The van der Waals surface area contributed by atoms with Gasteiger partial charge < -0.3 is 0 Å². The highest BCUT2D eigenvalue weighted by Crippen LogP contribution is 2.63. The minimum atomic E-state index is -1.58. The van der Waals surface area contributed by atoms with Gasteiger partial charge in [-0.25, -0.2) is 0 Å². The number of allylic oxidation sites excluding steroid dienone is 8. The molecule has 5 aliphatic carbocycles. The normalized spacial score (nSPS) is 42.4. The zero-order valence-corrected chi connectivity index (χ0v) is 21.9. The third-order valence-electron chi connectivity index (χ3n) is 10.7. The Hall–Kier alpha value is -0.823. The van der Waals surface area contributed by atoms with Crippen LogP contribution in [0.3, 0.4) is 0 Å². The number of hydrogen-bond donors (Lipinski definition) is 0. The van der Waals surface area contributed by atoms with Crippen molar-refractivity contribution in [3.8, 4) is 0 Å². The predicted molar refractivity (Wildman–Crippen MR) is 138 cm³/mol. The lowest BCUT2D eigenvalue weighted by molar-refractivity contribution is 0.132. The van der Waals surface area contributed by atoms with Crippen molar-refractivity contribution in [3.05, 3.63) is 47.2 Å². The molecule has 0 nitrogen and oxygen atoms in total. The smallest absolute Gasteiger partial charge is 0.0802 e. The summed E-state index contributed by atoms with van der Waals surface area (Å²) in [4.78, 5) is 0. The van der Waals surface area contributed by atoms with Crippen molar-refractivity contribution >= 4 is 8.07 Å². The molecule has 3 fully saturated rings. The van der Waals surface area contributed by atoms with Crippen LogP contribution in [0.25, 0.3) is 0 Å². The van der Waals surface area contributed by atoms with Crippen LogP contribution in [0.5, 0.6) is 0 Å². The molecule has 0 saturated heterocycles. The average Bonchev–Trinajstić information content (AvgIpc) is 3.38. The monoisotopic (exact) mass is 434 g/mol. The number of rotatable bonds is 4. The summed E-state index contributed by atoms with van der Waals surface area (Å²) in [5.41, 5.74) is 3.23.